The molecule has 1 saturated heterocycles. The van der Waals surface area contributed by atoms with E-state index in [2.05, 4.69) is 15.2 Å². The fourth-order valence-corrected chi connectivity index (χ4v) is 3.50. The van der Waals surface area contributed by atoms with Gasteiger partial charge in [0.15, 0.2) is 0 Å². The Kier molecular flexibility index (Phi) is 7.19. The fourth-order valence-electron chi connectivity index (χ4n) is 3.50. The number of nitrogens with zero attached hydrogens (tertiary/aromatic N) is 3. The van der Waals surface area contributed by atoms with Crippen molar-refractivity contribution in [3.63, 3.8) is 0 Å². The van der Waals surface area contributed by atoms with Gasteiger partial charge in [0.05, 0.1) is 19.1 Å². The summed E-state index contributed by atoms with van der Waals surface area (Å²) in [5.74, 6) is 0.645. The van der Waals surface area contributed by atoms with Gasteiger partial charge in [-0.2, -0.15) is 0 Å². The molecule has 0 saturated carbocycles. The van der Waals surface area contributed by atoms with Gasteiger partial charge in [-0.05, 0) is 24.6 Å². The van der Waals surface area contributed by atoms with Crippen molar-refractivity contribution in [1.29, 1.82) is 0 Å². The lowest BCUT2D eigenvalue weighted by Crippen LogP contribution is -2.56. The molecular weight excluding hydrogens is 368 g/mol. The van der Waals surface area contributed by atoms with Gasteiger partial charge in [-0.1, -0.05) is 24.3 Å². The van der Waals surface area contributed by atoms with Crippen LogP contribution >= 0.6 is 0 Å². The average Bonchev–Trinajstić information content (AvgIpc) is 2.72. The molecule has 0 radical (unpaired) electrons. The van der Waals surface area contributed by atoms with Crippen LogP contribution in [0.4, 0.5) is 0 Å². The topological polar surface area (TPSA) is 74.8 Å². The summed E-state index contributed by atoms with van der Waals surface area (Å²) >= 11 is 0. The highest BCUT2D eigenvalue weighted by Crippen LogP contribution is 2.22. The Hall–Kier alpha value is -2.93. The van der Waals surface area contributed by atoms with Gasteiger partial charge in [0.1, 0.15) is 5.75 Å². The molecule has 2 aromatic rings. The summed E-state index contributed by atoms with van der Waals surface area (Å²) in [5.41, 5.74) is 1.98. The summed E-state index contributed by atoms with van der Waals surface area (Å²) in [6.07, 6.45) is 3.59. The first-order valence-corrected chi connectivity index (χ1v) is 9.93. The van der Waals surface area contributed by atoms with Gasteiger partial charge in [-0.3, -0.25) is 19.5 Å². The Morgan fingerprint density at radius 1 is 1.31 bits per heavy atom. The minimum Gasteiger partial charge on any atom is -0.494 e. The molecule has 1 aliphatic heterocycles. The average molecular weight is 396 g/mol. The number of para-hydroxylation sites is 1. The maximum atomic E-state index is 12.8. The number of pyridine rings is 1. The van der Waals surface area contributed by atoms with Crippen molar-refractivity contribution in [2.75, 3.05) is 26.7 Å². The van der Waals surface area contributed by atoms with E-state index >= 15 is 0 Å². The highest BCUT2D eigenvalue weighted by molar-refractivity contribution is 5.88. The van der Waals surface area contributed by atoms with Crippen LogP contribution in [0.1, 0.15) is 24.5 Å². The maximum Gasteiger partial charge on any atom is 0.237 e. The number of rotatable bonds is 8. The van der Waals surface area contributed by atoms with Gasteiger partial charge < -0.3 is 15.0 Å². The molecule has 0 spiro atoms. The first-order chi connectivity index (χ1) is 14.1. The van der Waals surface area contributed by atoms with Gasteiger partial charge in [0, 0.05) is 51.2 Å². The van der Waals surface area contributed by atoms with Gasteiger partial charge >= 0.3 is 0 Å². The van der Waals surface area contributed by atoms with Crippen LogP contribution in [0.3, 0.4) is 0 Å². The maximum absolute atomic E-state index is 12.8. The van der Waals surface area contributed by atoms with E-state index in [1.54, 1.807) is 24.3 Å². The van der Waals surface area contributed by atoms with E-state index in [4.69, 9.17) is 4.74 Å². The number of hydrogen-bond acceptors (Lipinski definition) is 5. The summed E-state index contributed by atoms with van der Waals surface area (Å²) in [6.45, 7) is 4.83. The third-order valence-electron chi connectivity index (χ3n) is 5.02. The van der Waals surface area contributed by atoms with Gasteiger partial charge in [0.2, 0.25) is 11.8 Å². The largest absolute Gasteiger partial charge is 0.494 e. The fraction of sp³-hybridized carbons (Fsp3) is 0.409. The molecule has 1 aliphatic rings. The van der Waals surface area contributed by atoms with Crippen LogP contribution < -0.4 is 10.1 Å². The van der Waals surface area contributed by atoms with E-state index in [0.717, 1.165) is 16.9 Å². The van der Waals surface area contributed by atoms with E-state index in [0.29, 0.717) is 32.8 Å². The van der Waals surface area contributed by atoms with Crippen LogP contribution in [0.25, 0.3) is 0 Å². The second-order valence-electron chi connectivity index (χ2n) is 7.13. The Balaban J connectivity index is 1.68. The van der Waals surface area contributed by atoms with Crippen LogP contribution in [-0.4, -0.2) is 59.4 Å². The molecule has 29 heavy (non-hydrogen) atoms. The molecular formula is C22H28N4O3. The van der Waals surface area contributed by atoms with Crippen LogP contribution in [0.2, 0.25) is 0 Å². The van der Waals surface area contributed by atoms with Crippen molar-refractivity contribution in [3.8, 4) is 5.75 Å². The Morgan fingerprint density at radius 2 is 2.14 bits per heavy atom. The lowest BCUT2D eigenvalue weighted by molar-refractivity contribution is -0.138. The number of amides is 2. The minimum atomic E-state index is -0.498. The summed E-state index contributed by atoms with van der Waals surface area (Å²) < 4.78 is 5.72. The van der Waals surface area contributed by atoms with Crippen molar-refractivity contribution in [1.82, 2.24) is 20.1 Å². The molecule has 7 heteroatoms. The highest BCUT2D eigenvalue weighted by atomic mass is 16.5. The van der Waals surface area contributed by atoms with Gasteiger partial charge in [-0.25, -0.2) is 0 Å². The summed E-state index contributed by atoms with van der Waals surface area (Å²) in [4.78, 5) is 33.2. The number of nitrogens with one attached hydrogen (secondary N) is 1. The number of benzene rings is 1. The smallest absolute Gasteiger partial charge is 0.237 e. The number of carbonyl (C=O) groups is 2. The molecule has 1 fully saturated rings. The SMILES string of the molecule is CCOc1ccccc1CN1CCNC(=O)[C@@H]1CC(=O)N(C)Cc1cccnc1. The second kappa shape index (κ2) is 10.0. The van der Waals surface area contributed by atoms with Gasteiger partial charge in [-0.15, -0.1) is 0 Å². The molecule has 7 nitrogen and oxygen atoms in total. The molecule has 0 bridgehead atoms. The zero-order valence-electron chi connectivity index (χ0n) is 17.0. The third-order valence-corrected chi connectivity index (χ3v) is 5.02. The standard InChI is InChI=1S/C22H28N4O3/c1-3-29-20-9-5-4-8-18(20)16-26-12-11-24-22(28)19(26)13-21(27)25(2)15-17-7-6-10-23-14-17/h4-10,14,19H,3,11-13,15-16H2,1-2H3,(H,24,28)/t19-/m0/s1. The highest BCUT2D eigenvalue weighted by Gasteiger charge is 2.32. The van der Waals surface area contributed by atoms with E-state index in [1.807, 2.05) is 43.3 Å². The van der Waals surface area contributed by atoms with Crippen molar-refractivity contribution in [3.05, 3.63) is 59.9 Å². The first-order valence-electron chi connectivity index (χ1n) is 9.93. The summed E-state index contributed by atoms with van der Waals surface area (Å²) in [5, 5.41) is 2.89. The van der Waals surface area contributed by atoms with Crippen LogP contribution in [0.15, 0.2) is 48.8 Å². The lowest BCUT2D eigenvalue weighted by Gasteiger charge is -2.35. The molecule has 0 unspecified atom stereocenters. The quantitative estimate of drug-likeness (QED) is 0.737. The van der Waals surface area contributed by atoms with Crippen molar-refractivity contribution in [2.24, 2.45) is 0 Å². The number of piperazine rings is 1. The number of ether oxygens (including phenoxy) is 1. The zero-order chi connectivity index (χ0) is 20.6. The molecule has 3 rings (SSSR count). The zero-order valence-corrected chi connectivity index (χ0v) is 17.0. The number of aromatic nitrogens is 1. The normalized spacial score (nSPS) is 16.9. The molecule has 1 aromatic heterocycles. The van der Waals surface area contributed by atoms with Crippen LogP contribution in [-0.2, 0) is 22.7 Å². The molecule has 1 aromatic carbocycles. The molecule has 1 atom stereocenters. The van der Waals surface area contributed by atoms with Gasteiger partial charge in [0.25, 0.3) is 0 Å². The Bertz CT molecular complexity index is 828. The molecule has 1 N–H and O–H groups in total. The predicted octanol–water partition coefficient (Wildman–Crippen LogP) is 1.83. The van der Waals surface area contributed by atoms with Crippen LogP contribution in [0.5, 0.6) is 5.75 Å². The summed E-state index contributed by atoms with van der Waals surface area (Å²) in [7, 11) is 1.75. The van der Waals surface area contributed by atoms with Crippen LogP contribution in [0, 0.1) is 0 Å². The lowest BCUT2D eigenvalue weighted by atomic mass is 10.1. The van der Waals surface area contributed by atoms with E-state index in [1.165, 1.54) is 0 Å². The Morgan fingerprint density at radius 3 is 2.90 bits per heavy atom. The van der Waals surface area contributed by atoms with E-state index in [9.17, 15) is 9.59 Å². The molecule has 0 aliphatic carbocycles. The van der Waals surface area contributed by atoms with Crippen molar-refractivity contribution in [2.45, 2.75) is 32.5 Å². The molecule has 2 amide bonds. The summed E-state index contributed by atoms with van der Waals surface area (Å²) in [6, 6.07) is 11.1. The van der Waals surface area contributed by atoms with E-state index in [-0.39, 0.29) is 18.2 Å². The monoisotopic (exact) mass is 396 g/mol. The van der Waals surface area contributed by atoms with Crippen molar-refractivity contribution >= 4 is 11.8 Å². The van der Waals surface area contributed by atoms with Crippen molar-refractivity contribution < 1.29 is 14.3 Å². The Labute approximate surface area is 171 Å². The molecule has 2 heterocycles. The minimum absolute atomic E-state index is 0.0704. The number of carbonyl (C=O) groups excluding carboxylic acids is 2. The number of hydrogen-bond donors (Lipinski definition) is 1. The molecule has 154 valence electrons. The second-order valence-corrected chi connectivity index (χ2v) is 7.13. The van der Waals surface area contributed by atoms with E-state index < -0.39 is 6.04 Å². The first kappa shape index (κ1) is 20.8. The predicted molar refractivity (Wildman–Crippen MR) is 110 cm³/mol. The third kappa shape index (κ3) is 5.54.